The summed E-state index contributed by atoms with van der Waals surface area (Å²) in [5.41, 5.74) is 4.85. The molecule has 40 heavy (non-hydrogen) atoms. The first-order chi connectivity index (χ1) is 19.0. The van der Waals surface area contributed by atoms with Crippen molar-refractivity contribution >= 4 is 46.1 Å². The van der Waals surface area contributed by atoms with E-state index in [2.05, 4.69) is 54.0 Å². The Labute approximate surface area is 248 Å². The van der Waals surface area contributed by atoms with Crippen LogP contribution < -0.4 is 10.6 Å². The third-order valence-electron chi connectivity index (χ3n) is 6.59. The second kappa shape index (κ2) is 12.5. The summed E-state index contributed by atoms with van der Waals surface area (Å²) in [4.78, 5) is 38.2. The molecule has 3 N–H and O–H groups in total. The maximum Gasteiger partial charge on any atom is 0.305 e. The molecule has 4 rings (SSSR count). The van der Waals surface area contributed by atoms with Gasteiger partial charge in [-0.15, -0.1) is 0 Å². The van der Waals surface area contributed by atoms with Gasteiger partial charge in [0.05, 0.1) is 23.7 Å². The molecule has 0 fully saturated rings. The van der Waals surface area contributed by atoms with Crippen LogP contribution in [0.1, 0.15) is 65.1 Å². The quantitative estimate of drug-likeness (QED) is 0.173. The summed E-state index contributed by atoms with van der Waals surface area (Å²) in [7, 11) is 0. The summed E-state index contributed by atoms with van der Waals surface area (Å²) in [5.74, 6) is -1.85. The molecular formula is C33H31IN2O4. The Morgan fingerprint density at radius 2 is 1.43 bits per heavy atom. The lowest BCUT2D eigenvalue weighted by Crippen LogP contribution is -2.31. The molecule has 0 aliphatic heterocycles. The fourth-order valence-electron chi connectivity index (χ4n) is 4.33. The van der Waals surface area contributed by atoms with Gasteiger partial charge in [0, 0.05) is 9.13 Å². The number of halogens is 1. The molecule has 0 aromatic heterocycles. The highest BCUT2D eigenvalue weighted by atomic mass is 127. The SMILES string of the molecule is CC(C)(C)c1ccc(C(=O)Nc2ccc(I)cc2C(=O)NC(CC(=O)O)c2ccc(-c3ccccc3)cc2)cc1. The van der Waals surface area contributed by atoms with E-state index in [4.69, 9.17) is 0 Å². The minimum atomic E-state index is -1.03. The number of carboxylic acid groups (broad SMARTS) is 1. The molecule has 0 saturated heterocycles. The van der Waals surface area contributed by atoms with Crippen LogP contribution in [0.15, 0.2) is 97.1 Å². The van der Waals surface area contributed by atoms with E-state index < -0.39 is 17.9 Å². The topological polar surface area (TPSA) is 95.5 Å². The van der Waals surface area contributed by atoms with Crippen LogP contribution in [0.4, 0.5) is 5.69 Å². The molecule has 7 heteroatoms. The van der Waals surface area contributed by atoms with E-state index in [1.807, 2.05) is 66.7 Å². The van der Waals surface area contributed by atoms with Crippen molar-refractivity contribution in [2.45, 2.75) is 38.6 Å². The second-order valence-electron chi connectivity index (χ2n) is 10.6. The Bertz CT molecular complexity index is 1510. The second-order valence-corrected chi connectivity index (χ2v) is 11.8. The monoisotopic (exact) mass is 646 g/mol. The number of carboxylic acids is 1. The number of hydrogen-bond acceptors (Lipinski definition) is 3. The van der Waals surface area contributed by atoms with Gasteiger partial charge >= 0.3 is 5.97 Å². The predicted octanol–water partition coefficient (Wildman–Crippen LogP) is 7.45. The summed E-state index contributed by atoms with van der Waals surface area (Å²) >= 11 is 2.10. The van der Waals surface area contributed by atoms with Crippen LogP contribution in [0.25, 0.3) is 11.1 Å². The first-order valence-electron chi connectivity index (χ1n) is 12.9. The average molecular weight is 647 g/mol. The number of anilines is 1. The van der Waals surface area contributed by atoms with Crippen molar-refractivity contribution in [2.75, 3.05) is 5.32 Å². The number of carbonyl (C=O) groups is 3. The van der Waals surface area contributed by atoms with Crippen molar-refractivity contribution in [1.29, 1.82) is 0 Å². The van der Waals surface area contributed by atoms with Gasteiger partial charge in [-0.2, -0.15) is 0 Å². The maximum absolute atomic E-state index is 13.5. The number of amides is 2. The molecule has 6 nitrogen and oxygen atoms in total. The fourth-order valence-corrected chi connectivity index (χ4v) is 4.82. The molecule has 4 aromatic rings. The maximum atomic E-state index is 13.5. The van der Waals surface area contributed by atoms with Crippen molar-refractivity contribution in [3.63, 3.8) is 0 Å². The Morgan fingerprint density at radius 1 is 0.800 bits per heavy atom. The minimum Gasteiger partial charge on any atom is -0.481 e. The van der Waals surface area contributed by atoms with Gasteiger partial charge in [-0.1, -0.05) is 87.5 Å². The summed E-state index contributed by atoms with van der Waals surface area (Å²) < 4.78 is 0.803. The zero-order chi connectivity index (χ0) is 28.9. The molecule has 4 aromatic carbocycles. The van der Waals surface area contributed by atoms with Crippen LogP contribution in [0.5, 0.6) is 0 Å². The summed E-state index contributed by atoms with van der Waals surface area (Å²) in [6.07, 6.45) is -0.290. The van der Waals surface area contributed by atoms with Gasteiger partial charge in [-0.25, -0.2) is 0 Å². The molecule has 1 unspecified atom stereocenters. The van der Waals surface area contributed by atoms with Gasteiger partial charge in [0.25, 0.3) is 11.8 Å². The first-order valence-corrected chi connectivity index (χ1v) is 14.0. The highest BCUT2D eigenvalue weighted by Crippen LogP contribution is 2.26. The van der Waals surface area contributed by atoms with Crippen molar-refractivity contribution in [2.24, 2.45) is 0 Å². The van der Waals surface area contributed by atoms with Crippen molar-refractivity contribution in [1.82, 2.24) is 5.32 Å². The normalized spacial score (nSPS) is 11.9. The molecule has 1 atom stereocenters. The number of carbonyl (C=O) groups excluding carboxylic acids is 2. The predicted molar refractivity (Wildman–Crippen MR) is 167 cm³/mol. The number of aliphatic carboxylic acids is 1. The fraction of sp³-hybridized carbons (Fsp3) is 0.182. The van der Waals surface area contributed by atoms with Crippen LogP contribution in [-0.2, 0) is 10.2 Å². The van der Waals surface area contributed by atoms with E-state index in [-0.39, 0.29) is 23.3 Å². The number of benzene rings is 4. The van der Waals surface area contributed by atoms with E-state index in [0.29, 0.717) is 16.8 Å². The van der Waals surface area contributed by atoms with Gasteiger partial charge < -0.3 is 15.7 Å². The summed E-state index contributed by atoms with van der Waals surface area (Å²) in [6, 6.07) is 29.1. The van der Waals surface area contributed by atoms with Crippen LogP contribution in [0.3, 0.4) is 0 Å². The van der Waals surface area contributed by atoms with Gasteiger partial charge in [-0.3, -0.25) is 14.4 Å². The Kier molecular flexibility index (Phi) is 9.04. The highest BCUT2D eigenvalue weighted by molar-refractivity contribution is 14.1. The van der Waals surface area contributed by atoms with Crippen molar-refractivity contribution in [3.8, 4) is 11.1 Å². The third-order valence-corrected chi connectivity index (χ3v) is 7.26. The Balaban J connectivity index is 1.56. The van der Waals surface area contributed by atoms with E-state index in [0.717, 1.165) is 20.3 Å². The van der Waals surface area contributed by atoms with Crippen molar-refractivity contribution < 1.29 is 19.5 Å². The molecule has 204 valence electrons. The molecule has 0 spiro atoms. The van der Waals surface area contributed by atoms with E-state index in [9.17, 15) is 19.5 Å². The lowest BCUT2D eigenvalue weighted by molar-refractivity contribution is -0.137. The summed E-state index contributed by atoms with van der Waals surface area (Å²) in [6.45, 7) is 6.31. The van der Waals surface area contributed by atoms with Gasteiger partial charge in [0.1, 0.15) is 0 Å². The van der Waals surface area contributed by atoms with E-state index in [1.165, 1.54) is 0 Å². The number of hydrogen-bond donors (Lipinski definition) is 3. The van der Waals surface area contributed by atoms with Crippen LogP contribution in [-0.4, -0.2) is 22.9 Å². The Hall–Kier alpha value is -3.98. The minimum absolute atomic E-state index is 0.0370. The zero-order valence-electron chi connectivity index (χ0n) is 22.6. The Morgan fingerprint density at radius 3 is 2.02 bits per heavy atom. The molecule has 2 amide bonds. The van der Waals surface area contributed by atoms with Crippen LogP contribution in [0.2, 0.25) is 0 Å². The van der Waals surface area contributed by atoms with E-state index in [1.54, 1.807) is 30.3 Å². The van der Waals surface area contributed by atoms with Crippen LogP contribution >= 0.6 is 22.6 Å². The zero-order valence-corrected chi connectivity index (χ0v) is 24.7. The van der Waals surface area contributed by atoms with Crippen LogP contribution in [0, 0.1) is 3.57 Å². The highest BCUT2D eigenvalue weighted by Gasteiger charge is 2.22. The largest absolute Gasteiger partial charge is 0.481 e. The molecule has 0 heterocycles. The molecule has 0 saturated carbocycles. The average Bonchev–Trinajstić information content (AvgIpc) is 2.93. The first kappa shape index (κ1) is 29.0. The summed E-state index contributed by atoms with van der Waals surface area (Å²) in [5, 5.41) is 15.3. The third kappa shape index (κ3) is 7.35. The molecule has 0 bridgehead atoms. The number of rotatable bonds is 8. The van der Waals surface area contributed by atoms with E-state index >= 15 is 0 Å². The molecule has 0 radical (unpaired) electrons. The standard InChI is InChI=1S/C33H31IN2O4/c1-33(2,3)25-15-13-24(14-16-25)31(39)35-28-18-17-26(34)19-27(28)32(40)36-29(20-30(37)38)23-11-9-22(10-12-23)21-7-5-4-6-8-21/h4-19,29H,20H2,1-3H3,(H,35,39)(H,36,40)(H,37,38). The van der Waals surface area contributed by atoms with Crippen molar-refractivity contribution in [3.05, 3.63) is 123 Å². The molecular weight excluding hydrogens is 615 g/mol. The number of nitrogens with one attached hydrogen (secondary N) is 2. The van der Waals surface area contributed by atoms with Gasteiger partial charge in [0.2, 0.25) is 0 Å². The lowest BCUT2D eigenvalue weighted by Gasteiger charge is -2.20. The van der Waals surface area contributed by atoms with Gasteiger partial charge in [-0.05, 0) is 80.6 Å². The molecule has 0 aliphatic rings. The van der Waals surface area contributed by atoms with Gasteiger partial charge in [0.15, 0.2) is 0 Å². The lowest BCUT2D eigenvalue weighted by atomic mass is 9.86. The smallest absolute Gasteiger partial charge is 0.305 e. The molecule has 0 aliphatic carbocycles.